The summed E-state index contributed by atoms with van der Waals surface area (Å²) < 4.78 is 1.64. The van der Waals surface area contributed by atoms with Gasteiger partial charge in [0.15, 0.2) is 10.9 Å². The molecular formula is C17H18N4O3S. The molecule has 1 saturated heterocycles. The monoisotopic (exact) mass is 358 g/mol. The molecule has 2 heterocycles. The lowest BCUT2D eigenvalue weighted by atomic mass is 10.1. The number of carbonyl (C=O) groups is 2. The number of rotatable bonds is 6. The quantitative estimate of drug-likeness (QED) is 0.630. The highest BCUT2D eigenvalue weighted by molar-refractivity contribution is 7.99. The average Bonchev–Trinajstić information content (AvgIpc) is 3.26. The number of Topliss-reactive ketones (excluding diaryl/α,β-unsaturated/α-hetero) is 1. The zero-order valence-corrected chi connectivity index (χ0v) is 14.4. The van der Waals surface area contributed by atoms with Gasteiger partial charge in [-0.05, 0) is 43.5 Å². The number of thioether (sulfide) groups is 1. The number of nitrogens with one attached hydrogen (secondary N) is 1. The van der Waals surface area contributed by atoms with E-state index in [0.29, 0.717) is 17.1 Å². The summed E-state index contributed by atoms with van der Waals surface area (Å²) in [5, 5.41) is 7.03. The third kappa shape index (κ3) is 3.26. The Morgan fingerprint density at radius 3 is 2.64 bits per heavy atom. The number of H-pyrrole nitrogens is 1. The van der Waals surface area contributed by atoms with Gasteiger partial charge < -0.3 is 4.90 Å². The summed E-state index contributed by atoms with van der Waals surface area (Å²) in [5.74, 6) is 0.326. The number of amides is 1. The molecule has 0 atom stereocenters. The highest BCUT2D eigenvalue weighted by Crippen LogP contribution is 2.36. The normalized spacial score (nSPS) is 17.3. The smallest absolute Gasteiger partial charge is 0.312 e. The third-order valence-electron chi connectivity index (χ3n) is 4.49. The lowest BCUT2D eigenvalue weighted by Crippen LogP contribution is -2.23. The van der Waals surface area contributed by atoms with E-state index in [2.05, 4.69) is 10.2 Å². The predicted octanol–water partition coefficient (Wildman–Crippen LogP) is 2.01. The molecule has 1 aliphatic carbocycles. The molecule has 0 bridgehead atoms. The molecule has 7 nitrogen and oxygen atoms in total. The van der Waals surface area contributed by atoms with Crippen molar-refractivity contribution >= 4 is 29.1 Å². The van der Waals surface area contributed by atoms with E-state index in [1.165, 1.54) is 11.8 Å². The van der Waals surface area contributed by atoms with Gasteiger partial charge in [0.05, 0.1) is 5.75 Å². The van der Waals surface area contributed by atoms with Crippen molar-refractivity contribution in [2.45, 2.75) is 36.9 Å². The first-order valence-electron chi connectivity index (χ1n) is 8.37. The van der Waals surface area contributed by atoms with Crippen molar-refractivity contribution in [3.63, 3.8) is 0 Å². The highest BCUT2D eigenvalue weighted by Gasteiger charge is 2.29. The van der Waals surface area contributed by atoms with E-state index in [1.807, 2.05) is 12.1 Å². The molecule has 1 aromatic carbocycles. The number of hydrogen-bond donors (Lipinski definition) is 1. The predicted molar refractivity (Wildman–Crippen MR) is 94.2 cm³/mol. The number of anilines is 1. The molecule has 1 amide bonds. The van der Waals surface area contributed by atoms with E-state index in [0.717, 1.165) is 31.5 Å². The van der Waals surface area contributed by atoms with Crippen LogP contribution in [0.4, 0.5) is 5.69 Å². The third-order valence-corrected chi connectivity index (χ3v) is 5.44. The molecule has 8 heteroatoms. The Bertz CT molecular complexity index is 867. The van der Waals surface area contributed by atoms with Crippen molar-refractivity contribution in [3.05, 3.63) is 40.3 Å². The van der Waals surface area contributed by atoms with Crippen LogP contribution in [0.3, 0.4) is 0 Å². The summed E-state index contributed by atoms with van der Waals surface area (Å²) >= 11 is 1.28. The van der Waals surface area contributed by atoms with Gasteiger partial charge in [0.1, 0.15) is 0 Å². The van der Waals surface area contributed by atoms with Crippen molar-refractivity contribution in [1.82, 2.24) is 14.8 Å². The summed E-state index contributed by atoms with van der Waals surface area (Å²) in [6, 6.07) is 7.36. The second kappa shape index (κ2) is 6.51. The molecule has 0 spiro atoms. The fourth-order valence-corrected chi connectivity index (χ4v) is 3.92. The standard InChI is InChI=1S/C17H18N4O3S/c22-14(10-25-17-19-18-16(24)21(17)13-7-8-13)11-3-5-12(6-4-11)20-9-1-2-15(20)23/h3-6,13H,1-2,7-10H2,(H,18,24). The fourth-order valence-electron chi connectivity index (χ4n) is 3.01. The molecule has 2 aromatic rings. The Morgan fingerprint density at radius 2 is 2.00 bits per heavy atom. The Hall–Kier alpha value is -2.35. The van der Waals surface area contributed by atoms with Gasteiger partial charge >= 0.3 is 5.69 Å². The maximum Gasteiger partial charge on any atom is 0.344 e. The molecule has 0 radical (unpaired) electrons. The van der Waals surface area contributed by atoms with Crippen LogP contribution in [0.1, 0.15) is 42.1 Å². The number of nitrogens with zero attached hydrogens (tertiary/aromatic N) is 3. The van der Waals surface area contributed by atoms with Crippen LogP contribution in [0, 0.1) is 0 Å². The number of ketones is 1. The van der Waals surface area contributed by atoms with E-state index in [9.17, 15) is 14.4 Å². The molecule has 4 rings (SSSR count). The van der Waals surface area contributed by atoms with Gasteiger partial charge in [-0.1, -0.05) is 11.8 Å². The molecule has 1 aromatic heterocycles. The zero-order valence-electron chi connectivity index (χ0n) is 13.6. The van der Waals surface area contributed by atoms with Gasteiger partial charge in [-0.25, -0.2) is 9.89 Å². The second-order valence-electron chi connectivity index (χ2n) is 6.32. The number of aromatic amines is 1. The molecule has 25 heavy (non-hydrogen) atoms. The molecular weight excluding hydrogens is 340 g/mol. The topological polar surface area (TPSA) is 88.1 Å². The van der Waals surface area contributed by atoms with Gasteiger partial charge in [-0.2, -0.15) is 0 Å². The number of benzene rings is 1. The summed E-state index contributed by atoms with van der Waals surface area (Å²) in [6.45, 7) is 0.736. The van der Waals surface area contributed by atoms with Crippen molar-refractivity contribution in [1.29, 1.82) is 0 Å². The number of hydrogen-bond acceptors (Lipinski definition) is 5. The molecule has 1 N–H and O–H groups in total. The summed E-state index contributed by atoms with van der Waals surface area (Å²) in [7, 11) is 0. The summed E-state index contributed by atoms with van der Waals surface area (Å²) in [6.07, 6.45) is 3.43. The molecule has 0 unspecified atom stereocenters. The molecule has 1 saturated carbocycles. The zero-order chi connectivity index (χ0) is 17.4. The molecule has 1 aliphatic heterocycles. The van der Waals surface area contributed by atoms with Crippen LogP contribution in [0.15, 0.2) is 34.2 Å². The van der Waals surface area contributed by atoms with Gasteiger partial charge in [0.25, 0.3) is 0 Å². The Morgan fingerprint density at radius 1 is 1.24 bits per heavy atom. The van der Waals surface area contributed by atoms with Crippen LogP contribution in [0.25, 0.3) is 0 Å². The van der Waals surface area contributed by atoms with Crippen molar-refractivity contribution in [2.24, 2.45) is 0 Å². The Kier molecular flexibility index (Phi) is 4.20. The van der Waals surface area contributed by atoms with Crippen LogP contribution in [0.5, 0.6) is 0 Å². The average molecular weight is 358 g/mol. The van der Waals surface area contributed by atoms with Crippen LogP contribution in [-0.2, 0) is 4.79 Å². The van der Waals surface area contributed by atoms with Crippen LogP contribution < -0.4 is 10.6 Å². The minimum atomic E-state index is -0.211. The highest BCUT2D eigenvalue weighted by atomic mass is 32.2. The van der Waals surface area contributed by atoms with Crippen LogP contribution in [0.2, 0.25) is 0 Å². The van der Waals surface area contributed by atoms with Gasteiger partial charge in [-0.15, -0.1) is 5.10 Å². The fraction of sp³-hybridized carbons (Fsp3) is 0.412. The summed E-state index contributed by atoms with van der Waals surface area (Å²) in [5.41, 5.74) is 1.22. The van der Waals surface area contributed by atoms with Crippen molar-refractivity contribution < 1.29 is 9.59 Å². The van der Waals surface area contributed by atoms with Gasteiger partial charge in [0, 0.05) is 30.3 Å². The maximum absolute atomic E-state index is 12.4. The van der Waals surface area contributed by atoms with Crippen LogP contribution >= 0.6 is 11.8 Å². The number of carbonyl (C=O) groups excluding carboxylic acids is 2. The lowest BCUT2D eigenvalue weighted by Gasteiger charge is -2.15. The van der Waals surface area contributed by atoms with E-state index in [-0.39, 0.29) is 29.2 Å². The maximum atomic E-state index is 12.4. The first-order valence-corrected chi connectivity index (χ1v) is 9.35. The van der Waals surface area contributed by atoms with Gasteiger partial charge in [0.2, 0.25) is 5.91 Å². The Balaban J connectivity index is 1.41. The lowest BCUT2D eigenvalue weighted by molar-refractivity contribution is -0.117. The number of aromatic nitrogens is 3. The van der Waals surface area contributed by atoms with E-state index in [1.54, 1.807) is 21.6 Å². The van der Waals surface area contributed by atoms with Gasteiger partial charge in [-0.3, -0.25) is 14.2 Å². The van der Waals surface area contributed by atoms with E-state index >= 15 is 0 Å². The van der Waals surface area contributed by atoms with E-state index in [4.69, 9.17) is 0 Å². The molecule has 2 fully saturated rings. The minimum absolute atomic E-state index is 0.0258. The summed E-state index contributed by atoms with van der Waals surface area (Å²) in [4.78, 5) is 37.6. The van der Waals surface area contributed by atoms with Crippen molar-refractivity contribution in [2.75, 3.05) is 17.2 Å². The van der Waals surface area contributed by atoms with E-state index < -0.39 is 0 Å². The largest absolute Gasteiger partial charge is 0.344 e. The second-order valence-corrected chi connectivity index (χ2v) is 7.26. The molecule has 2 aliphatic rings. The van der Waals surface area contributed by atoms with Crippen LogP contribution in [-0.4, -0.2) is 38.8 Å². The first kappa shape index (κ1) is 16.1. The Labute approximate surface area is 148 Å². The SMILES string of the molecule is O=C(CSc1n[nH]c(=O)n1C1CC1)c1ccc(N2CCCC2=O)cc1. The molecule has 130 valence electrons. The minimum Gasteiger partial charge on any atom is -0.312 e. The first-order chi connectivity index (χ1) is 12.1. The van der Waals surface area contributed by atoms with Crippen molar-refractivity contribution in [3.8, 4) is 0 Å².